The van der Waals surface area contributed by atoms with E-state index >= 15 is 0 Å². The second-order valence-corrected chi connectivity index (χ2v) is 12.3. The Hall–Kier alpha value is -3.03. The predicted octanol–water partition coefficient (Wildman–Crippen LogP) is 5.84. The summed E-state index contributed by atoms with van der Waals surface area (Å²) >= 11 is 1.59. The number of anilines is 1. The third-order valence-corrected chi connectivity index (χ3v) is 8.92. The highest BCUT2D eigenvalue weighted by atomic mass is 32.1. The standard InChI is InChI=1S/C32H40N4O2S/c1-23(2)32(38)35-17-16-28-13-9-14-29(36(28)19-25-10-5-4-6-11-25)21-34(20-26-12-7-8-15-30(26)35)31(37)18-27-22-39-24(3)33-27/h4-8,10-12,15,22-23,28-29H,9,13-14,16-21H2,1-3H3. The number of carbonyl (C=O) groups is 2. The molecular formula is C32H40N4O2S. The smallest absolute Gasteiger partial charge is 0.229 e. The maximum atomic E-state index is 13.9. The molecule has 2 amide bonds. The van der Waals surface area contributed by atoms with Crippen LogP contribution in [-0.2, 0) is 29.1 Å². The lowest BCUT2D eigenvalue weighted by Crippen LogP contribution is -2.52. The van der Waals surface area contributed by atoms with Gasteiger partial charge in [0, 0.05) is 55.2 Å². The number of aromatic nitrogens is 1. The van der Waals surface area contributed by atoms with Gasteiger partial charge in [0.05, 0.1) is 17.1 Å². The first-order valence-corrected chi connectivity index (χ1v) is 15.1. The molecule has 1 saturated heterocycles. The summed E-state index contributed by atoms with van der Waals surface area (Å²) < 4.78 is 0. The Labute approximate surface area is 236 Å². The van der Waals surface area contributed by atoms with E-state index in [0.717, 1.165) is 54.2 Å². The predicted molar refractivity (Wildman–Crippen MR) is 158 cm³/mol. The van der Waals surface area contributed by atoms with Gasteiger partial charge in [0.2, 0.25) is 11.8 Å². The van der Waals surface area contributed by atoms with Crippen LogP contribution in [0.3, 0.4) is 0 Å². The highest BCUT2D eigenvalue weighted by Crippen LogP contribution is 2.32. The summed E-state index contributed by atoms with van der Waals surface area (Å²) in [6.07, 6.45) is 4.54. The first kappa shape index (κ1) is 27.5. The van der Waals surface area contributed by atoms with Crippen LogP contribution in [0.25, 0.3) is 0 Å². The number of carbonyl (C=O) groups excluding carboxylic acids is 2. The molecule has 0 radical (unpaired) electrons. The van der Waals surface area contributed by atoms with Crippen LogP contribution in [0, 0.1) is 12.8 Å². The molecule has 2 bridgehead atoms. The van der Waals surface area contributed by atoms with Crippen LogP contribution in [0.15, 0.2) is 60.0 Å². The number of piperidine rings is 1. The Morgan fingerprint density at radius 2 is 1.74 bits per heavy atom. The van der Waals surface area contributed by atoms with E-state index in [-0.39, 0.29) is 23.8 Å². The van der Waals surface area contributed by atoms with Crippen LogP contribution < -0.4 is 4.90 Å². The van der Waals surface area contributed by atoms with Crippen molar-refractivity contribution in [2.24, 2.45) is 5.92 Å². The monoisotopic (exact) mass is 544 g/mol. The fourth-order valence-electron chi connectivity index (χ4n) is 6.10. The Bertz CT molecular complexity index is 1270. The van der Waals surface area contributed by atoms with E-state index in [2.05, 4.69) is 46.3 Å². The summed E-state index contributed by atoms with van der Waals surface area (Å²) in [5.41, 5.74) is 4.09. The molecule has 0 spiro atoms. The summed E-state index contributed by atoms with van der Waals surface area (Å²) in [5.74, 6) is 0.130. The summed E-state index contributed by atoms with van der Waals surface area (Å²) in [6, 6.07) is 19.4. The number of aryl methyl sites for hydroxylation is 1. The summed E-state index contributed by atoms with van der Waals surface area (Å²) in [6.45, 7) is 8.63. The molecule has 0 N–H and O–H groups in total. The zero-order chi connectivity index (χ0) is 27.4. The van der Waals surface area contributed by atoms with Gasteiger partial charge >= 0.3 is 0 Å². The topological polar surface area (TPSA) is 56.8 Å². The van der Waals surface area contributed by atoms with Crippen LogP contribution in [0.2, 0.25) is 0 Å². The number of amides is 2. The van der Waals surface area contributed by atoms with Gasteiger partial charge in [-0.25, -0.2) is 4.98 Å². The fraction of sp³-hybridized carbons (Fsp3) is 0.469. The first-order valence-electron chi connectivity index (χ1n) is 14.3. The molecule has 1 fully saturated rings. The average molecular weight is 545 g/mol. The van der Waals surface area contributed by atoms with Gasteiger partial charge in [-0.15, -0.1) is 11.3 Å². The SMILES string of the molecule is Cc1nc(CC(=O)N2Cc3ccccc3N(C(=O)C(C)C)CCC3CCCC(C2)N3Cc2ccccc2)cs1. The molecule has 2 aliphatic heterocycles. The Balaban J connectivity index is 1.53. The molecule has 6 nitrogen and oxygen atoms in total. The highest BCUT2D eigenvalue weighted by molar-refractivity contribution is 7.09. The van der Waals surface area contributed by atoms with E-state index in [1.165, 1.54) is 5.56 Å². The average Bonchev–Trinajstić information content (AvgIpc) is 3.34. The number of hydrogen-bond acceptors (Lipinski definition) is 5. The van der Waals surface area contributed by atoms with Gasteiger partial charge in [0.15, 0.2) is 0 Å². The van der Waals surface area contributed by atoms with E-state index in [4.69, 9.17) is 0 Å². The number of nitrogens with zero attached hydrogens (tertiary/aromatic N) is 4. The van der Waals surface area contributed by atoms with Crippen LogP contribution >= 0.6 is 11.3 Å². The highest BCUT2D eigenvalue weighted by Gasteiger charge is 2.35. The second-order valence-electron chi connectivity index (χ2n) is 11.3. The van der Waals surface area contributed by atoms with Crippen molar-refractivity contribution in [3.8, 4) is 0 Å². The van der Waals surface area contributed by atoms with E-state index in [1.807, 2.05) is 54.2 Å². The molecular weight excluding hydrogens is 504 g/mol. The molecule has 2 unspecified atom stereocenters. The molecule has 1 aromatic heterocycles. The minimum atomic E-state index is -0.103. The van der Waals surface area contributed by atoms with Crippen molar-refractivity contribution >= 4 is 28.8 Å². The maximum absolute atomic E-state index is 13.9. The third-order valence-electron chi connectivity index (χ3n) is 8.09. The number of para-hydroxylation sites is 1. The Morgan fingerprint density at radius 1 is 1.00 bits per heavy atom. The van der Waals surface area contributed by atoms with Gasteiger partial charge in [-0.2, -0.15) is 0 Å². The summed E-state index contributed by atoms with van der Waals surface area (Å²) in [7, 11) is 0. The van der Waals surface area contributed by atoms with Crippen molar-refractivity contribution in [2.75, 3.05) is 18.0 Å². The van der Waals surface area contributed by atoms with Crippen LogP contribution in [-0.4, -0.2) is 51.8 Å². The zero-order valence-corrected chi connectivity index (χ0v) is 24.2. The normalized spacial score (nSPS) is 20.4. The van der Waals surface area contributed by atoms with Gasteiger partial charge < -0.3 is 9.80 Å². The van der Waals surface area contributed by atoms with Crippen molar-refractivity contribution in [3.05, 3.63) is 81.8 Å². The second kappa shape index (κ2) is 12.4. The number of fused-ring (bicyclic) bond motifs is 3. The molecule has 5 rings (SSSR count). The van der Waals surface area contributed by atoms with Crippen LogP contribution in [0.5, 0.6) is 0 Å². The lowest BCUT2D eigenvalue weighted by atomic mass is 9.92. The third kappa shape index (κ3) is 6.59. The fourth-order valence-corrected chi connectivity index (χ4v) is 6.71. The zero-order valence-electron chi connectivity index (χ0n) is 23.4. The van der Waals surface area contributed by atoms with Gasteiger partial charge in [-0.05, 0) is 43.4 Å². The van der Waals surface area contributed by atoms with Gasteiger partial charge in [-0.3, -0.25) is 14.5 Å². The van der Waals surface area contributed by atoms with Crippen molar-refractivity contribution in [3.63, 3.8) is 0 Å². The number of rotatable bonds is 5. The molecule has 3 heterocycles. The minimum absolute atomic E-state index is 0.0953. The lowest BCUT2D eigenvalue weighted by molar-refractivity contribution is -0.132. The molecule has 0 saturated carbocycles. The van der Waals surface area contributed by atoms with Gasteiger partial charge in [-0.1, -0.05) is 68.8 Å². The lowest BCUT2D eigenvalue weighted by Gasteiger charge is -2.44. The first-order chi connectivity index (χ1) is 18.9. The van der Waals surface area contributed by atoms with Gasteiger partial charge in [0.25, 0.3) is 0 Å². The van der Waals surface area contributed by atoms with Crippen molar-refractivity contribution in [1.29, 1.82) is 0 Å². The summed E-state index contributed by atoms with van der Waals surface area (Å²) in [5, 5.41) is 2.97. The van der Waals surface area contributed by atoms with Crippen molar-refractivity contribution < 1.29 is 9.59 Å². The molecule has 2 aromatic carbocycles. The molecule has 2 atom stereocenters. The molecule has 3 aromatic rings. The summed E-state index contributed by atoms with van der Waals surface area (Å²) in [4.78, 5) is 38.6. The number of thiazole rings is 1. The molecule has 7 heteroatoms. The molecule has 2 aliphatic rings. The van der Waals surface area contributed by atoms with E-state index < -0.39 is 0 Å². The molecule has 0 aliphatic carbocycles. The Morgan fingerprint density at radius 3 is 2.49 bits per heavy atom. The van der Waals surface area contributed by atoms with Crippen molar-refractivity contribution in [2.45, 2.75) is 78.0 Å². The molecule has 206 valence electrons. The van der Waals surface area contributed by atoms with Crippen molar-refractivity contribution in [1.82, 2.24) is 14.8 Å². The maximum Gasteiger partial charge on any atom is 0.229 e. The largest absolute Gasteiger partial charge is 0.336 e. The minimum Gasteiger partial charge on any atom is -0.336 e. The van der Waals surface area contributed by atoms with E-state index in [0.29, 0.717) is 32.1 Å². The number of benzene rings is 2. The van der Waals surface area contributed by atoms with Crippen LogP contribution in [0.4, 0.5) is 5.69 Å². The van der Waals surface area contributed by atoms with Gasteiger partial charge in [0.1, 0.15) is 0 Å². The van der Waals surface area contributed by atoms with Crippen LogP contribution in [0.1, 0.15) is 61.4 Å². The van der Waals surface area contributed by atoms with E-state index in [1.54, 1.807) is 11.3 Å². The number of hydrogen-bond donors (Lipinski definition) is 0. The van der Waals surface area contributed by atoms with E-state index in [9.17, 15) is 9.59 Å². The quantitative estimate of drug-likeness (QED) is 0.405. The molecule has 39 heavy (non-hydrogen) atoms. The Kier molecular flexibility index (Phi) is 8.78.